The topological polar surface area (TPSA) is 322 Å². The molecule has 2 heterocycles. The number of amides is 3. The lowest BCUT2D eigenvalue weighted by Gasteiger charge is -2.24. The van der Waals surface area contributed by atoms with Crippen molar-refractivity contribution in [1.29, 1.82) is 0 Å². The van der Waals surface area contributed by atoms with Gasteiger partial charge in [-0.15, -0.1) is 0 Å². The number of aliphatic hydroxyl groups excluding tert-OH is 4. The molecule has 0 saturated carbocycles. The lowest BCUT2D eigenvalue weighted by atomic mass is 9.84. The van der Waals surface area contributed by atoms with E-state index < -0.39 is 36.0 Å². The number of rotatable bonds is 30. The monoisotopic (exact) mass is 1010 g/mol. The molecule has 2 aromatic rings. The van der Waals surface area contributed by atoms with Gasteiger partial charge in [0.05, 0.1) is 31.6 Å². The largest absolute Gasteiger partial charge is 0.511 e. The first-order valence-corrected chi connectivity index (χ1v) is 24.4. The summed E-state index contributed by atoms with van der Waals surface area (Å²) in [7, 11) is 9.17. The van der Waals surface area contributed by atoms with Crippen molar-refractivity contribution >= 4 is 47.4 Å². The second-order valence-electron chi connectivity index (χ2n) is 18.4. The highest BCUT2D eigenvalue weighted by Gasteiger charge is 2.27. The van der Waals surface area contributed by atoms with Gasteiger partial charge in [0.2, 0.25) is 23.8 Å². The number of carboxylic acid groups (broad SMARTS) is 2. The van der Waals surface area contributed by atoms with E-state index in [1.165, 1.54) is 24.3 Å². The fourth-order valence-corrected chi connectivity index (χ4v) is 7.64. The molecule has 3 amide bonds. The number of unbranched alkanes of at least 4 members (excludes halogenated alkanes) is 5. The van der Waals surface area contributed by atoms with Crippen LogP contribution in [0.25, 0.3) is 0 Å². The maximum atomic E-state index is 12.3. The number of carbonyl (C=O) groups is 4. The first-order chi connectivity index (χ1) is 34.2. The van der Waals surface area contributed by atoms with Crippen molar-refractivity contribution < 1.29 is 49.8 Å². The number of aromatic nitrogens is 3. The predicted octanol–water partition coefficient (Wildman–Crippen LogP) is 3.93. The Morgan fingerprint density at radius 2 is 1.36 bits per heavy atom. The SMILES string of the molecule is CNC/C(O)=C\C1(/C=C(/O)CNC(C)Cc2ccc(Nc3nc(NCCCCCCCC(=O)NCCCC[C@H](NC(=O)NCC(=O)O)C(=O)O)nc(N(C)C)n3)cc2)C=C(O)CN(C)CCN(C)C/C(O)=C\1. The number of nitrogens with zero attached hydrogens (tertiary/aromatic N) is 6. The van der Waals surface area contributed by atoms with Crippen molar-refractivity contribution in [3.8, 4) is 0 Å². The van der Waals surface area contributed by atoms with Crippen LogP contribution in [-0.4, -0.2) is 185 Å². The van der Waals surface area contributed by atoms with Gasteiger partial charge in [-0.25, -0.2) is 9.59 Å². The highest BCUT2D eigenvalue weighted by atomic mass is 16.4. The third kappa shape index (κ3) is 24.4. The van der Waals surface area contributed by atoms with E-state index >= 15 is 0 Å². The molecule has 3 rings (SSSR count). The second-order valence-corrected chi connectivity index (χ2v) is 18.4. The molecule has 1 aliphatic heterocycles. The number of carboxylic acids is 2. The van der Waals surface area contributed by atoms with Crippen LogP contribution in [0.5, 0.6) is 0 Å². The quantitative estimate of drug-likeness (QED) is 0.0389. The van der Waals surface area contributed by atoms with Gasteiger partial charge in [0, 0.05) is 58.4 Å². The molecular weight excluding hydrogens is 931 g/mol. The van der Waals surface area contributed by atoms with Gasteiger partial charge in [0.15, 0.2) is 0 Å². The summed E-state index contributed by atoms with van der Waals surface area (Å²) in [6.45, 7) is 4.46. The van der Waals surface area contributed by atoms with Crippen molar-refractivity contribution in [2.75, 3.05) is 110 Å². The molecule has 1 aliphatic rings. The third-order valence-corrected chi connectivity index (χ3v) is 11.3. The number of nitrogens with one attached hydrogen (secondary N) is 7. The number of carbonyl (C=O) groups excluding carboxylic acids is 2. The van der Waals surface area contributed by atoms with E-state index in [0.29, 0.717) is 69.7 Å². The first kappa shape index (κ1) is 59.6. The molecule has 0 bridgehead atoms. The van der Waals surface area contributed by atoms with Crippen LogP contribution in [0.3, 0.4) is 0 Å². The van der Waals surface area contributed by atoms with Gasteiger partial charge in [-0.3, -0.25) is 19.4 Å². The molecule has 1 aromatic carbocycles. The number of aliphatic hydroxyl groups is 4. The maximum absolute atomic E-state index is 12.3. The van der Waals surface area contributed by atoms with Crippen molar-refractivity contribution in [3.63, 3.8) is 0 Å². The van der Waals surface area contributed by atoms with Gasteiger partial charge < -0.3 is 72.8 Å². The number of aliphatic carboxylic acids is 2. The van der Waals surface area contributed by atoms with Crippen molar-refractivity contribution in [2.45, 2.75) is 83.2 Å². The molecular formula is C49H79N13O10. The van der Waals surface area contributed by atoms with Crippen LogP contribution in [0.1, 0.15) is 70.3 Å². The summed E-state index contributed by atoms with van der Waals surface area (Å²) in [6.07, 6.45) is 12.6. The van der Waals surface area contributed by atoms with Crippen molar-refractivity contribution in [1.82, 2.24) is 51.3 Å². The molecule has 400 valence electrons. The van der Waals surface area contributed by atoms with Gasteiger partial charge in [-0.1, -0.05) is 31.4 Å². The van der Waals surface area contributed by atoms with E-state index in [1.807, 2.05) is 69.2 Å². The van der Waals surface area contributed by atoms with E-state index in [2.05, 4.69) is 52.2 Å². The summed E-state index contributed by atoms with van der Waals surface area (Å²) in [4.78, 5) is 65.4. The van der Waals surface area contributed by atoms with E-state index in [9.17, 15) is 44.7 Å². The Bertz CT molecular complexity index is 2120. The van der Waals surface area contributed by atoms with E-state index in [4.69, 9.17) is 5.11 Å². The zero-order valence-electron chi connectivity index (χ0n) is 42.7. The summed E-state index contributed by atoms with van der Waals surface area (Å²) in [5.74, 6) is -1.27. The minimum atomic E-state index is -1.34. The number of hydrogen-bond donors (Lipinski definition) is 13. The van der Waals surface area contributed by atoms with Gasteiger partial charge in [0.1, 0.15) is 35.6 Å². The summed E-state index contributed by atoms with van der Waals surface area (Å²) < 4.78 is 0. The lowest BCUT2D eigenvalue weighted by molar-refractivity contribution is -0.139. The Labute approximate surface area is 423 Å². The predicted molar refractivity (Wildman–Crippen MR) is 278 cm³/mol. The molecule has 0 fully saturated rings. The van der Waals surface area contributed by atoms with E-state index in [0.717, 1.165) is 43.4 Å². The number of urea groups is 1. The minimum absolute atomic E-state index is 0.0253. The fraction of sp³-hybridized carbons (Fsp3) is 0.571. The van der Waals surface area contributed by atoms with Gasteiger partial charge >= 0.3 is 18.0 Å². The Kier molecular flexibility index (Phi) is 26.2. The highest BCUT2D eigenvalue weighted by molar-refractivity contribution is 5.84. The van der Waals surface area contributed by atoms with Crippen LogP contribution in [0.2, 0.25) is 0 Å². The van der Waals surface area contributed by atoms with Gasteiger partial charge in [-0.2, -0.15) is 15.0 Å². The smallest absolute Gasteiger partial charge is 0.326 e. The molecule has 2 unspecified atom stereocenters. The molecule has 1 aromatic heterocycles. The van der Waals surface area contributed by atoms with Crippen LogP contribution in [-0.2, 0) is 20.8 Å². The molecule has 72 heavy (non-hydrogen) atoms. The molecule has 0 radical (unpaired) electrons. The Morgan fingerprint density at radius 1 is 0.764 bits per heavy atom. The second kappa shape index (κ2) is 31.6. The van der Waals surface area contributed by atoms with Gasteiger partial charge in [0.25, 0.3) is 0 Å². The summed E-state index contributed by atoms with van der Waals surface area (Å²) in [5, 5.41) is 81.9. The number of likely N-dealkylation sites (N-methyl/N-ethyl adjacent to an activating group) is 3. The standard InChI is InChI=1S/C49H79N13O10/c1-34(53-30-38(64)26-49(25-37(63)29-50-2)27-39(65)32-61(5)22-23-62(6)33-40(66)28-49)24-35-16-18-36(19-17-35)55-46-57-45(58-47(59-46)60(3)4)52-21-12-9-7-8-10-15-42(67)51-20-13-11-14-41(44(70)71)56-48(72)54-31-43(68)69/h16-19,25-28,34,41,50,53,63-66H,7-15,20-24,29-33H2,1-6H3,(H,51,67)(H,68,69)(H,70,71)(H2,54,56,72)(H2,52,55,57,58,59)/b37-25+,38-26+,39-27+,40-28?/t34?,41-,49?/m0/s1. The molecule has 3 atom stereocenters. The van der Waals surface area contributed by atoms with Crippen molar-refractivity contribution in [2.24, 2.45) is 5.41 Å². The molecule has 23 heteroatoms. The molecule has 0 spiro atoms. The zero-order chi connectivity index (χ0) is 53.1. The normalized spacial score (nSPS) is 17.8. The highest BCUT2D eigenvalue weighted by Crippen LogP contribution is 2.31. The maximum Gasteiger partial charge on any atom is 0.326 e. The average molecular weight is 1010 g/mol. The number of allylic oxidation sites excluding steroid dienone is 4. The first-order valence-electron chi connectivity index (χ1n) is 24.4. The van der Waals surface area contributed by atoms with E-state index in [1.54, 1.807) is 11.9 Å². The summed E-state index contributed by atoms with van der Waals surface area (Å²) in [6, 6.07) is 5.78. The van der Waals surface area contributed by atoms with Crippen molar-refractivity contribution in [3.05, 3.63) is 77.2 Å². The molecule has 0 saturated heterocycles. The lowest BCUT2D eigenvalue weighted by Crippen LogP contribution is -2.47. The number of anilines is 4. The average Bonchev–Trinajstić information content (AvgIpc) is 3.31. The van der Waals surface area contributed by atoms with Crippen LogP contribution in [0.4, 0.5) is 28.3 Å². The molecule has 23 nitrogen and oxygen atoms in total. The summed E-state index contributed by atoms with van der Waals surface area (Å²) in [5.41, 5.74) is 0.493. The van der Waals surface area contributed by atoms with Crippen LogP contribution in [0, 0.1) is 5.41 Å². The van der Waals surface area contributed by atoms with Gasteiger partial charge in [-0.05, 0) is 109 Å². The Hall–Kier alpha value is -6.69. The number of hydrogen-bond acceptors (Lipinski definition) is 18. The molecule has 0 aliphatic carbocycles. The minimum Gasteiger partial charge on any atom is -0.511 e. The van der Waals surface area contributed by atoms with Crippen LogP contribution in [0.15, 0.2) is 71.6 Å². The Morgan fingerprint density at radius 3 is 1.97 bits per heavy atom. The Balaban J connectivity index is 1.45. The molecule has 13 N–H and O–H groups in total. The van der Waals surface area contributed by atoms with Crippen LogP contribution >= 0.6 is 0 Å². The van der Waals surface area contributed by atoms with E-state index in [-0.39, 0.29) is 67.6 Å². The zero-order valence-corrected chi connectivity index (χ0v) is 42.7. The fourth-order valence-electron chi connectivity index (χ4n) is 7.64. The number of benzene rings is 1. The third-order valence-electron chi connectivity index (χ3n) is 11.3. The van der Waals surface area contributed by atoms with Crippen LogP contribution < -0.4 is 42.1 Å². The summed E-state index contributed by atoms with van der Waals surface area (Å²) >= 11 is 0.